The second-order valence-electron chi connectivity index (χ2n) is 10.1. The summed E-state index contributed by atoms with van der Waals surface area (Å²) in [5.74, 6) is -0.621. The molecule has 1 aromatic carbocycles. The molecule has 1 aromatic heterocycles. The molecule has 1 aliphatic heterocycles. The van der Waals surface area contributed by atoms with E-state index >= 15 is 0 Å². The number of aliphatic hydroxyl groups is 2. The first kappa shape index (κ1) is 27.8. The first-order valence-corrected chi connectivity index (χ1v) is 13.0. The van der Waals surface area contributed by atoms with Crippen LogP contribution in [0.2, 0.25) is 0 Å². The number of carbonyl (C=O) groups is 3. The molecule has 0 radical (unpaired) electrons. The molecule has 0 aliphatic carbocycles. The minimum Gasteiger partial charge on any atom is -0.396 e. The van der Waals surface area contributed by atoms with E-state index < -0.39 is 5.41 Å². The first-order chi connectivity index (χ1) is 17.1. The maximum Gasteiger partial charge on any atom is 0.279 e. The number of hydrogen-bond acceptors (Lipinski definition) is 6. The summed E-state index contributed by atoms with van der Waals surface area (Å²) in [6.45, 7) is 3.07. The molecule has 4 N–H and O–H groups in total. The Morgan fingerprint density at radius 3 is 2.22 bits per heavy atom. The number of rotatable bonds is 10. The minimum absolute atomic E-state index is 0.0522. The summed E-state index contributed by atoms with van der Waals surface area (Å²) in [5.41, 5.74) is 1.70. The van der Waals surface area contributed by atoms with Gasteiger partial charge in [0.2, 0.25) is 0 Å². The molecule has 2 aromatic rings. The molecule has 0 unspecified atom stereocenters. The van der Waals surface area contributed by atoms with Crippen molar-refractivity contribution in [2.75, 3.05) is 58.8 Å². The number of likely N-dealkylation sites (tertiary alicyclic amines) is 1. The number of nitrogens with zero attached hydrogens (tertiary/aromatic N) is 2. The predicted octanol–water partition coefficient (Wildman–Crippen LogP) is 1.59. The highest BCUT2D eigenvalue weighted by Gasteiger charge is 2.44. The van der Waals surface area contributed by atoms with Crippen molar-refractivity contribution >= 4 is 34.7 Å². The van der Waals surface area contributed by atoms with E-state index in [1.165, 1.54) is 16.2 Å². The highest BCUT2D eigenvalue weighted by Crippen LogP contribution is 2.34. The lowest BCUT2D eigenvalue weighted by Crippen LogP contribution is -2.62. The third kappa shape index (κ3) is 6.70. The van der Waals surface area contributed by atoms with E-state index in [1.54, 1.807) is 14.1 Å². The lowest BCUT2D eigenvalue weighted by atomic mass is 9.79. The van der Waals surface area contributed by atoms with Crippen molar-refractivity contribution < 1.29 is 29.1 Å². The molecule has 36 heavy (non-hydrogen) atoms. The molecule has 3 rings (SSSR count). The second-order valence-corrected chi connectivity index (χ2v) is 10.9. The third-order valence-electron chi connectivity index (χ3n) is 7.03. The summed E-state index contributed by atoms with van der Waals surface area (Å²) in [5, 5.41) is 27.4. The molecule has 2 heterocycles. The summed E-state index contributed by atoms with van der Waals surface area (Å²) in [4.78, 5) is 40.7. The predicted molar refractivity (Wildman–Crippen MR) is 140 cm³/mol. The summed E-state index contributed by atoms with van der Waals surface area (Å²) in [7, 11) is 3.33. The van der Waals surface area contributed by atoms with Gasteiger partial charge in [-0.2, -0.15) is 0 Å². The van der Waals surface area contributed by atoms with E-state index in [4.69, 9.17) is 0 Å². The zero-order chi connectivity index (χ0) is 26.3. The van der Waals surface area contributed by atoms with Crippen LogP contribution < -0.4 is 10.6 Å². The number of benzene rings is 1. The zero-order valence-electron chi connectivity index (χ0n) is 21.2. The van der Waals surface area contributed by atoms with Gasteiger partial charge in [0.25, 0.3) is 17.7 Å². The molecule has 1 fully saturated rings. The van der Waals surface area contributed by atoms with Crippen LogP contribution in [0.15, 0.2) is 35.7 Å². The van der Waals surface area contributed by atoms with Crippen LogP contribution in [-0.4, -0.2) is 90.8 Å². The van der Waals surface area contributed by atoms with Crippen LogP contribution in [0.1, 0.15) is 33.6 Å². The average molecular weight is 518 g/mol. The number of carbonyl (C=O) groups excluding carboxylic acids is 3. The number of nitrogens with one attached hydrogen (secondary N) is 2. The third-order valence-corrected chi connectivity index (χ3v) is 8.12. The molecule has 1 aliphatic rings. The summed E-state index contributed by atoms with van der Waals surface area (Å²) < 4.78 is 0.217. The smallest absolute Gasteiger partial charge is 0.279 e. The maximum atomic E-state index is 13.3. The van der Waals surface area contributed by atoms with Crippen LogP contribution in [0.4, 0.5) is 5.69 Å². The molecule has 0 atom stereocenters. The molecule has 1 saturated heterocycles. The van der Waals surface area contributed by atoms with Crippen LogP contribution in [0.25, 0.3) is 0 Å². The number of thiophene rings is 1. The van der Waals surface area contributed by atoms with Gasteiger partial charge < -0.3 is 30.2 Å². The van der Waals surface area contributed by atoms with E-state index in [0.29, 0.717) is 43.0 Å². The lowest BCUT2D eigenvalue weighted by molar-refractivity contribution is -0.920. The van der Waals surface area contributed by atoms with E-state index in [0.717, 1.165) is 11.1 Å². The fourth-order valence-corrected chi connectivity index (χ4v) is 5.55. The normalized spacial score (nSPS) is 16.2. The molecule has 0 spiro atoms. The van der Waals surface area contributed by atoms with Crippen molar-refractivity contribution in [1.29, 1.82) is 0 Å². The number of aliphatic hydroxyl groups excluding tert-OH is 2. The molecular weight excluding hydrogens is 480 g/mol. The molecule has 10 heteroatoms. The fourth-order valence-electron chi connectivity index (χ4n) is 4.52. The van der Waals surface area contributed by atoms with Gasteiger partial charge in [0.1, 0.15) is 4.88 Å². The van der Waals surface area contributed by atoms with Gasteiger partial charge in [-0.15, -0.1) is 11.3 Å². The molecule has 0 saturated carbocycles. The quantitative estimate of drug-likeness (QED) is 0.357. The second kappa shape index (κ2) is 12.0. The Morgan fingerprint density at radius 1 is 1.03 bits per heavy atom. The molecular formula is C26H37N4O5S+. The molecule has 3 amide bonds. The Morgan fingerprint density at radius 2 is 1.64 bits per heavy atom. The first-order valence-electron chi connectivity index (χ1n) is 12.1. The minimum atomic E-state index is -0.603. The highest BCUT2D eigenvalue weighted by atomic mass is 32.1. The summed E-state index contributed by atoms with van der Waals surface area (Å²) in [6, 6.07) is 9.61. The van der Waals surface area contributed by atoms with E-state index in [9.17, 15) is 24.6 Å². The lowest BCUT2D eigenvalue weighted by Gasteiger charge is -2.46. The Kier molecular flexibility index (Phi) is 9.24. The van der Waals surface area contributed by atoms with Crippen molar-refractivity contribution in [2.45, 2.75) is 26.3 Å². The monoisotopic (exact) mass is 517 g/mol. The van der Waals surface area contributed by atoms with Crippen LogP contribution >= 0.6 is 11.3 Å². The van der Waals surface area contributed by atoms with Crippen molar-refractivity contribution in [1.82, 2.24) is 10.2 Å². The van der Waals surface area contributed by atoms with Gasteiger partial charge in [-0.25, -0.2) is 0 Å². The standard InChI is InChI=1S/C26H36N4O5S/c1-19-16-36-24(25(35)29(2)3)23(19)28-22(34)15-30(11-9-26(17-31,18-32)10-12-30)14-21(33)27-13-20-7-5-4-6-8-20/h4-8,16,31-32H,9-15,17-18H2,1-3H3,(H-,27,28,33,34,35)/p+1. The van der Waals surface area contributed by atoms with Gasteiger partial charge in [-0.1, -0.05) is 30.3 Å². The Balaban J connectivity index is 1.74. The van der Waals surface area contributed by atoms with Gasteiger partial charge in [0.05, 0.1) is 32.0 Å². The maximum absolute atomic E-state index is 13.3. The van der Waals surface area contributed by atoms with Gasteiger partial charge in [-0.3, -0.25) is 14.4 Å². The Labute approximate surface area is 216 Å². The van der Waals surface area contributed by atoms with Gasteiger partial charge in [0.15, 0.2) is 13.1 Å². The number of aryl methyl sites for hydroxylation is 1. The van der Waals surface area contributed by atoms with Crippen molar-refractivity contribution in [3.05, 3.63) is 51.7 Å². The van der Waals surface area contributed by atoms with Crippen molar-refractivity contribution in [2.24, 2.45) is 5.41 Å². The Bertz CT molecular complexity index is 1060. The van der Waals surface area contributed by atoms with Crippen molar-refractivity contribution in [3.63, 3.8) is 0 Å². The van der Waals surface area contributed by atoms with E-state index in [-0.39, 0.29) is 48.5 Å². The topological polar surface area (TPSA) is 119 Å². The fraction of sp³-hybridized carbons (Fsp3) is 0.500. The summed E-state index contributed by atoms with van der Waals surface area (Å²) >= 11 is 1.29. The Hall–Kier alpha value is -2.79. The molecule has 9 nitrogen and oxygen atoms in total. The summed E-state index contributed by atoms with van der Waals surface area (Å²) in [6.07, 6.45) is 1.00. The number of anilines is 1. The van der Waals surface area contributed by atoms with Gasteiger partial charge in [-0.05, 0) is 23.4 Å². The van der Waals surface area contributed by atoms with E-state index in [2.05, 4.69) is 10.6 Å². The number of piperidine rings is 1. The van der Waals surface area contributed by atoms with Crippen LogP contribution in [0.3, 0.4) is 0 Å². The zero-order valence-corrected chi connectivity index (χ0v) is 22.1. The largest absolute Gasteiger partial charge is 0.396 e. The van der Waals surface area contributed by atoms with Crippen LogP contribution in [0, 0.1) is 12.3 Å². The van der Waals surface area contributed by atoms with Gasteiger partial charge in [0, 0.05) is 38.9 Å². The number of quaternary nitrogens is 1. The molecule has 196 valence electrons. The number of amides is 3. The van der Waals surface area contributed by atoms with Gasteiger partial charge >= 0.3 is 0 Å². The molecule has 0 bridgehead atoms. The average Bonchev–Trinajstić information content (AvgIpc) is 3.23. The SMILES string of the molecule is Cc1csc(C(=O)N(C)C)c1NC(=O)C[N+]1(CC(=O)NCc2ccccc2)CCC(CO)(CO)CC1. The van der Waals surface area contributed by atoms with Crippen molar-refractivity contribution in [3.8, 4) is 0 Å². The van der Waals surface area contributed by atoms with Crippen LogP contribution in [-0.2, 0) is 16.1 Å². The number of hydrogen-bond donors (Lipinski definition) is 4. The highest BCUT2D eigenvalue weighted by molar-refractivity contribution is 7.13. The van der Waals surface area contributed by atoms with Crippen LogP contribution in [0.5, 0.6) is 0 Å². The van der Waals surface area contributed by atoms with E-state index in [1.807, 2.05) is 42.6 Å².